The Hall–Kier alpha value is -2.90. The van der Waals surface area contributed by atoms with Crippen molar-refractivity contribution < 1.29 is 24.1 Å². The first kappa shape index (κ1) is 24.8. The fraction of sp³-hybridized carbons (Fsp3) is 0.517. The summed E-state index contributed by atoms with van der Waals surface area (Å²) in [5, 5.41) is 11.3. The van der Waals surface area contributed by atoms with Gasteiger partial charge in [0.25, 0.3) is 0 Å². The lowest BCUT2D eigenvalue weighted by Gasteiger charge is -2.29. The highest BCUT2D eigenvalue weighted by Gasteiger charge is 2.34. The van der Waals surface area contributed by atoms with Gasteiger partial charge < -0.3 is 23.9 Å². The van der Waals surface area contributed by atoms with Gasteiger partial charge in [0.2, 0.25) is 0 Å². The molecule has 0 radical (unpaired) electrons. The fourth-order valence-electron chi connectivity index (χ4n) is 5.37. The van der Waals surface area contributed by atoms with E-state index in [0.29, 0.717) is 11.3 Å². The standard InChI is InChI=1S/C29H36N2O5/c1-16-18(3)31(15-21-11-13-34-21)27-23(16)25(20-9-10-22-19(14-20)8-7-12-35-22)24(17(2)30-27)26(28(32)33)36-29(4,5)6/h9-10,14,21,26H,7-8,11-13,15H2,1-6H3,(H,32,33)/t21?,26-/m0/s1. The summed E-state index contributed by atoms with van der Waals surface area (Å²) in [6, 6.07) is 6.21. The monoisotopic (exact) mass is 492 g/mol. The number of benzene rings is 1. The van der Waals surface area contributed by atoms with Crippen molar-refractivity contribution in [2.45, 2.75) is 85.2 Å². The van der Waals surface area contributed by atoms with E-state index in [1.807, 2.05) is 39.8 Å². The Labute approximate surface area is 212 Å². The Morgan fingerprint density at radius 1 is 1.25 bits per heavy atom. The molecule has 0 aliphatic carbocycles. The average Bonchev–Trinajstić information content (AvgIpc) is 3.02. The number of carboxylic acid groups (broad SMARTS) is 1. The van der Waals surface area contributed by atoms with E-state index in [4.69, 9.17) is 19.2 Å². The number of rotatable bonds is 6. The minimum atomic E-state index is -1.15. The molecule has 1 fully saturated rings. The van der Waals surface area contributed by atoms with E-state index in [2.05, 4.69) is 24.5 Å². The van der Waals surface area contributed by atoms with E-state index in [0.717, 1.165) is 83.8 Å². The maximum absolute atomic E-state index is 12.6. The summed E-state index contributed by atoms with van der Waals surface area (Å²) in [7, 11) is 0. The molecule has 192 valence electrons. The number of aryl methyl sites for hydroxylation is 3. The van der Waals surface area contributed by atoms with Crippen LogP contribution in [0.5, 0.6) is 5.75 Å². The lowest BCUT2D eigenvalue weighted by Crippen LogP contribution is -2.31. The van der Waals surface area contributed by atoms with Crippen LogP contribution in [0.4, 0.5) is 0 Å². The molecule has 36 heavy (non-hydrogen) atoms. The molecule has 2 aliphatic rings. The second kappa shape index (κ2) is 9.20. The summed E-state index contributed by atoms with van der Waals surface area (Å²) < 4.78 is 20.0. The summed E-state index contributed by atoms with van der Waals surface area (Å²) in [5.74, 6) is -0.115. The largest absolute Gasteiger partial charge is 0.493 e. The first-order valence-electron chi connectivity index (χ1n) is 12.8. The van der Waals surface area contributed by atoms with Crippen molar-refractivity contribution >= 4 is 17.0 Å². The Morgan fingerprint density at radius 2 is 2.00 bits per heavy atom. The van der Waals surface area contributed by atoms with Crippen molar-refractivity contribution in [1.82, 2.24) is 9.55 Å². The number of fused-ring (bicyclic) bond motifs is 2. The van der Waals surface area contributed by atoms with Crippen LogP contribution in [0.15, 0.2) is 18.2 Å². The third-order valence-corrected chi connectivity index (χ3v) is 7.32. The van der Waals surface area contributed by atoms with Crippen molar-refractivity contribution in [2.75, 3.05) is 13.2 Å². The predicted molar refractivity (Wildman–Crippen MR) is 139 cm³/mol. The van der Waals surface area contributed by atoms with Gasteiger partial charge in [0, 0.05) is 34.5 Å². The maximum atomic E-state index is 12.6. The molecule has 0 spiro atoms. The molecule has 5 rings (SSSR count). The van der Waals surface area contributed by atoms with Gasteiger partial charge in [-0.25, -0.2) is 9.78 Å². The first-order valence-corrected chi connectivity index (χ1v) is 12.8. The Bertz CT molecular complexity index is 1330. The van der Waals surface area contributed by atoms with Crippen LogP contribution in [0, 0.1) is 20.8 Å². The summed E-state index contributed by atoms with van der Waals surface area (Å²) in [6.07, 6.45) is 1.97. The van der Waals surface area contributed by atoms with Gasteiger partial charge >= 0.3 is 5.97 Å². The fourth-order valence-corrected chi connectivity index (χ4v) is 5.37. The highest BCUT2D eigenvalue weighted by molar-refractivity contribution is 6.00. The SMILES string of the molecule is Cc1nc2c(c(C)c(C)n2CC2CCO2)c(-c2ccc3c(c2)CCCO3)c1[C@H](OC(C)(C)C)C(=O)O. The summed E-state index contributed by atoms with van der Waals surface area (Å²) >= 11 is 0. The first-order chi connectivity index (χ1) is 17.0. The molecule has 1 N–H and O–H groups in total. The molecular weight excluding hydrogens is 456 g/mol. The van der Waals surface area contributed by atoms with Crippen LogP contribution in [0.25, 0.3) is 22.2 Å². The zero-order chi connectivity index (χ0) is 25.8. The van der Waals surface area contributed by atoms with Gasteiger partial charge in [-0.1, -0.05) is 6.07 Å². The van der Waals surface area contributed by atoms with Crippen LogP contribution in [-0.4, -0.2) is 45.5 Å². The smallest absolute Gasteiger partial charge is 0.337 e. The minimum absolute atomic E-state index is 0.181. The van der Waals surface area contributed by atoms with Crippen LogP contribution >= 0.6 is 0 Å². The van der Waals surface area contributed by atoms with Gasteiger partial charge in [0.05, 0.1) is 24.9 Å². The van der Waals surface area contributed by atoms with E-state index in [-0.39, 0.29) is 6.10 Å². The molecule has 1 aromatic carbocycles. The zero-order valence-corrected chi connectivity index (χ0v) is 22.1. The van der Waals surface area contributed by atoms with Gasteiger partial charge in [-0.3, -0.25) is 0 Å². The number of aromatic nitrogens is 2. The molecule has 3 aromatic rings. The van der Waals surface area contributed by atoms with Gasteiger partial charge in [0.1, 0.15) is 11.4 Å². The summed E-state index contributed by atoms with van der Waals surface area (Å²) in [4.78, 5) is 17.7. The summed E-state index contributed by atoms with van der Waals surface area (Å²) in [5.41, 5.74) is 6.71. The molecule has 0 amide bonds. The van der Waals surface area contributed by atoms with Crippen LogP contribution in [-0.2, 0) is 27.2 Å². The van der Waals surface area contributed by atoms with E-state index >= 15 is 0 Å². The normalized spacial score (nSPS) is 18.4. The summed E-state index contributed by atoms with van der Waals surface area (Å²) in [6.45, 7) is 14.0. The van der Waals surface area contributed by atoms with Crippen LogP contribution in [0.3, 0.4) is 0 Å². The highest BCUT2D eigenvalue weighted by atomic mass is 16.5. The lowest BCUT2D eigenvalue weighted by molar-refractivity contribution is -0.160. The van der Waals surface area contributed by atoms with E-state index in [1.54, 1.807) is 0 Å². The molecule has 7 nitrogen and oxygen atoms in total. The average molecular weight is 493 g/mol. The van der Waals surface area contributed by atoms with Crippen molar-refractivity contribution in [2.24, 2.45) is 0 Å². The number of carbonyl (C=O) groups is 1. The second-order valence-electron chi connectivity index (χ2n) is 11.0. The molecular formula is C29H36N2O5. The van der Waals surface area contributed by atoms with Crippen LogP contribution in [0.1, 0.15) is 67.8 Å². The topological polar surface area (TPSA) is 82.8 Å². The second-order valence-corrected chi connectivity index (χ2v) is 11.0. The van der Waals surface area contributed by atoms with Crippen LogP contribution < -0.4 is 4.74 Å². The highest BCUT2D eigenvalue weighted by Crippen LogP contribution is 2.43. The number of ether oxygens (including phenoxy) is 3. The number of aliphatic carboxylic acids is 1. The molecule has 2 aliphatic heterocycles. The van der Waals surface area contributed by atoms with E-state index in [1.165, 1.54) is 0 Å². The van der Waals surface area contributed by atoms with Gasteiger partial charge in [0.15, 0.2) is 6.10 Å². The Kier molecular flexibility index (Phi) is 6.33. The number of carboxylic acids is 1. The number of nitrogens with zero attached hydrogens (tertiary/aromatic N) is 2. The van der Waals surface area contributed by atoms with Crippen molar-refractivity contribution in [3.05, 3.63) is 46.3 Å². The third kappa shape index (κ3) is 4.39. The number of hydrogen-bond donors (Lipinski definition) is 1. The molecule has 0 saturated carbocycles. The molecule has 2 aromatic heterocycles. The molecule has 1 unspecified atom stereocenters. The molecule has 2 atom stereocenters. The molecule has 7 heteroatoms. The van der Waals surface area contributed by atoms with E-state index < -0.39 is 17.7 Å². The predicted octanol–water partition coefficient (Wildman–Crippen LogP) is 5.68. The van der Waals surface area contributed by atoms with Crippen LogP contribution in [0.2, 0.25) is 0 Å². The van der Waals surface area contributed by atoms with Gasteiger partial charge in [-0.15, -0.1) is 0 Å². The van der Waals surface area contributed by atoms with Gasteiger partial charge in [-0.2, -0.15) is 0 Å². The number of hydrogen-bond acceptors (Lipinski definition) is 5. The zero-order valence-electron chi connectivity index (χ0n) is 22.1. The van der Waals surface area contributed by atoms with Crippen molar-refractivity contribution in [3.63, 3.8) is 0 Å². The Balaban J connectivity index is 1.81. The van der Waals surface area contributed by atoms with Gasteiger partial charge in [-0.05, 0) is 89.6 Å². The van der Waals surface area contributed by atoms with Crippen molar-refractivity contribution in [1.29, 1.82) is 0 Å². The van der Waals surface area contributed by atoms with E-state index in [9.17, 15) is 9.90 Å². The molecule has 0 bridgehead atoms. The maximum Gasteiger partial charge on any atom is 0.337 e. The molecule has 1 saturated heterocycles. The minimum Gasteiger partial charge on any atom is -0.493 e. The van der Waals surface area contributed by atoms with Crippen molar-refractivity contribution in [3.8, 4) is 16.9 Å². The third-order valence-electron chi connectivity index (χ3n) is 7.32. The number of pyridine rings is 1. The lowest BCUT2D eigenvalue weighted by atomic mass is 9.89. The quantitative estimate of drug-likeness (QED) is 0.476. The Morgan fingerprint density at radius 3 is 2.64 bits per heavy atom. The molecule has 4 heterocycles.